The van der Waals surface area contributed by atoms with Crippen molar-refractivity contribution in [1.29, 1.82) is 0 Å². The highest BCUT2D eigenvalue weighted by atomic mass is 32.2. The van der Waals surface area contributed by atoms with Gasteiger partial charge in [-0.25, -0.2) is 4.72 Å². The first kappa shape index (κ1) is 18.8. The summed E-state index contributed by atoms with van der Waals surface area (Å²) in [6.45, 7) is 9.00. The van der Waals surface area contributed by atoms with E-state index in [1.807, 2.05) is 0 Å². The molecule has 2 N–H and O–H groups in total. The zero-order valence-corrected chi connectivity index (χ0v) is 14.3. The van der Waals surface area contributed by atoms with Gasteiger partial charge in [0.25, 0.3) is 10.2 Å². The zero-order valence-electron chi connectivity index (χ0n) is 13.4. The SMILES string of the molecule is CCCOCCCNS(=O)(=O)N1CCCC(CNCC)C1. The molecule has 1 aliphatic rings. The molecule has 1 fully saturated rings. The molecule has 1 rings (SSSR count). The molecule has 0 aromatic carbocycles. The van der Waals surface area contributed by atoms with Gasteiger partial charge in [-0.3, -0.25) is 0 Å². The highest BCUT2D eigenvalue weighted by molar-refractivity contribution is 7.87. The summed E-state index contributed by atoms with van der Waals surface area (Å²) >= 11 is 0. The first-order chi connectivity index (χ1) is 10.1. The summed E-state index contributed by atoms with van der Waals surface area (Å²) in [5.41, 5.74) is 0. The smallest absolute Gasteiger partial charge is 0.279 e. The number of nitrogens with zero attached hydrogens (tertiary/aromatic N) is 1. The molecule has 0 radical (unpaired) electrons. The van der Waals surface area contributed by atoms with Crippen LogP contribution in [0.2, 0.25) is 0 Å². The van der Waals surface area contributed by atoms with Crippen molar-refractivity contribution in [2.75, 3.05) is 45.9 Å². The fourth-order valence-corrected chi connectivity index (χ4v) is 3.83. The normalized spacial score (nSPS) is 20.8. The lowest BCUT2D eigenvalue weighted by atomic mass is 10.00. The number of ether oxygens (including phenoxy) is 1. The van der Waals surface area contributed by atoms with Gasteiger partial charge in [0, 0.05) is 32.8 Å². The average Bonchev–Trinajstić information content (AvgIpc) is 2.49. The molecule has 1 unspecified atom stereocenters. The van der Waals surface area contributed by atoms with Gasteiger partial charge in [0.2, 0.25) is 0 Å². The van der Waals surface area contributed by atoms with E-state index in [2.05, 4.69) is 23.9 Å². The first-order valence-electron chi connectivity index (χ1n) is 8.13. The van der Waals surface area contributed by atoms with Crippen LogP contribution < -0.4 is 10.0 Å². The van der Waals surface area contributed by atoms with Crippen molar-refractivity contribution in [2.45, 2.75) is 39.5 Å². The maximum atomic E-state index is 12.2. The van der Waals surface area contributed by atoms with E-state index in [1.54, 1.807) is 4.31 Å². The van der Waals surface area contributed by atoms with Crippen molar-refractivity contribution in [3.05, 3.63) is 0 Å². The summed E-state index contributed by atoms with van der Waals surface area (Å²) in [5.74, 6) is 0.420. The van der Waals surface area contributed by atoms with E-state index in [0.29, 0.717) is 38.6 Å². The summed E-state index contributed by atoms with van der Waals surface area (Å²) in [6.07, 6.45) is 3.75. The van der Waals surface area contributed by atoms with Gasteiger partial charge in [-0.2, -0.15) is 12.7 Å². The van der Waals surface area contributed by atoms with Crippen LogP contribution in [0, 0.1) is 5.92 Å². The quantitative estimate of drug-likeness (QED) is 0.556. The molecule has 0 saturated carbocycles. The van der Waals surface area contributed by atoms with E-state index in [-0.39, 0.29) is 0 Å². The summed E-state index contributed by atoms with van der Waals surface area (Å²) < 4.78 is 34.1. The van der Waals surface area contributed by atoms with Crippen LogP contribution in [0.1, 0.15) is 39.5 Å². The lowest BCUT2D eigenvalue weighted by Crippen LogP contribution is -2.47. The predicted molar refractivity (Wildman–Crippen MR) is 85.5 cm³/mol. The monoisotopic (exact) mass is 321 g/mol. The molecule has 0 bridgehead atoms. The fraction of sp³-hybridized carbons (Fsp3) is 1.00. The molecule has 1 aliphatic heterocycles. The number of hydrogen-bond acceptors (Lipinski definition) is 4. The molecule has 1 atom stereocenters. The molecule has 0 aromatic rings. The maximum absolute atomic E-state index is 12.2. The Hall–Kier alpha value is -0.210. The third-order valence-corrected chi connectivity index (χ3v) is 5.18. The molecular weight excluding hydrogens is 290 g/mol. The van der Waals surface area contributed by atoms with Gasteiger partial charge in [0.15, 0.2) is 0 Å². The number of nitrogens with one attached hydrogen (secondary N) is 2. The van der Waals surface area contributed by atoms with Crippen LogP contribution in [0.5, 0.6) is 0 Å². The molecule has 21 heavy (non-hydrogen) atoms. The van der Waals surface area contributed by atoms with Crippen molar-refractivity contribution in [3.8, 4) is 0 Å². The Kier molecular flexibility index (Phi) is 9.42. The van der Waals surface area contributed by atoms with Gasteiger partial charge < -0.3 is 10.1 Å². The highest BCUT2D eigenvalue weighted by Crippen LogP contribution is 2.17. The molecular formula is C14H31N3O3S. The van der Waals surface area contributed by atoms with Gasteiger partial charge in [-0.05, 0) is 44.7 Å². The first-order valence-corrected chi connectivity index (χ1v) is 9.57. The van der Waals surface area contributed by atoms with Crippen molar-refractivity contribution >= 4 is 10.2 Å². The second-order valence-electron chi connectivity index (χ2n) is 5.54. The molecule has 1 heterocycles. The van der Waals surface area contributed by atoms with Gasteiger partial charge in [0.1, 0.15) is 0 Å². The Morgan fingerprint density at radius 2 is 2.10 bits per heavy atom. The van der Waals surface area contributed by atoms with Crippen molar-refractivity contribution in [2.24, 2.45) is 5.92 Å². The Morgan fingerprint density at radius 1 is 1.29 bits per heavy atom. The Balaban J connectivity index is 2.28. The van der Waals surface area contributed by atoms with E-state index in [9.17, 15) is 8.42 Å². The van der Waals surface area contributed by atoms with Gasteiger partial charge in [-0.1, -0.05) is 13.8 Å². The second kappa shape index (κ2) is 10.5. The number of rotatable bonds is 11. The minimum absolute atomic E-state index is 0.420. The third kappa shape index (κ3) is 7.56. The summed E-state index contributed by atoms with van der Waals surface area (Å²) in [5, 5.41) is 3.30. The predicted octanol–water partition coefficient (Wildman–Crippen LogP) is 0.959. The summed E-state index contributed by atoms with van der Waals surface area (Å²) in [7, 11) is -3.33. The maximum Gasteiger partial charge on any atom is 0.279 e. The van der Waals surface area contributed by atoms with E-state index in [0.717, 1.165) is 39.0 Å². The Labute approximate surface area is 129 Å². The minimum Gasteiger partial charge on any atom is -0.381 e. The molecule has 0 aromatic heterocycles. The molecule has 0 spiro atoms. The average molecular weight is 321 g/mol. The molecule has 7 heteroatoms. The lowest BCUT2D eigenvalue weighted by molar-refractivity contribution is 0.133. The Bertz CT molecular complexity index is 362. The summed E-state index contributed by atoms with van der Waals surface area (Å²) in [6, 6.07) is 0. The van der Waals surface area contributed by atoms with E-state index in [1.165, 1.54) is 0 Å². The van der Waals surface area contributed by atoms with Gasteiger partial charge in [-0.15, -0.1) is 0 Å². The van der Waals surface area contributed by atoms with Crippen LogP contribution in [-0.2, 0) is 14.9 Å². The molecule has 6 nitrogen and oxygen atoms in total. The van der Waals surface area contributed by atoms with Crippen LogP contribution in [0.4, 0.5) is 0 Å². The van der Waals surface area contributed by atoms with Crippen molar-refractivity contribution < 1.29 is 13.2 Å². The van der Waals surface area contributed by atoms with E-state index in [4.69, 9.17) is 4.74 Å². The molecule has 0 aliphatic carbocycles. The van der Waals surface area contributed by atoms with Crippen LogP contribution >= 0.6 is 0 Å². The van der Waals surface area contributed by atoms with Crippen LogP contribution in [0.15, 0.2) is 0 Å². The van der Waals surface area contributed by atoms with Crippen LogP contribution in [-0.4, -0.2) is 58.7 Å². The molecule has 126 valence electrons. The summed E-state index contributed by atoms with van der Waals surface area (Å²) in [4.78, 5) is 0. The second-order valence-corrected chi connectivity index (χ2v) is 7.29. The number of piperidine rings is 1. The Morgan fingerprint density at radius 3 is 2.81 bits per heavy atom. The van der Waals surface area contributed by atoms with Crippen molar-refractivity contribution in [1.82, 2.24) is 14.3 Å². The molecule has 1 saturated heterocycles. The number of hydrogen-bond donors (Lipinski definition) is 2. The lowest BCUT2D eigenvalue weighted by Gasteiger charge is -2.32. The minimum atomic E-state index is -3.33. The zero-order chi connectivity index (χ0) is 15.6. The topological polar surface area (TPSA) is 70.7 Å². The van der Waals surface area contributed by atoms with Crippen molar-refractivity contribution in [3.63, 3.8) is 0 Å². The van der Waals surface area contributed by atoms with Crippen LogP contribution in [0.25, 0.3) is 0 Å². The van der Waals surface area contributed by atoms with Gasteiger partial charge in [0.05, 0.1) is 0 Å². The molecule has 0 amide bonds. The standard InChI is InChI=1S/C14H31N3O3S/c1-3-10-20-11-6-8-16-21(18,19)17-9-5-7-14(13-17)12-15-4-2/h14-16H,3-13H2,1-2H3. The highest BCUT2D eigenvalue weighted by Gasteiger charge is 2.28. The van der Waals surface area contributed by atoms with E-state index < -0.39 is 10.2 Å². The fourth-order valence-electron chi connectivity index (χ4n) is 2.47. The van der Waals surface area contributed by atoms with Crippen LogP contribution in [0.3, 0.4) is 0 Å². The van der Waals surface area contributed by atoms with E-state index >= 15 is 0 Å². The third-order valence-electron chi connectivity index (χ3n) is 3.60. The van der Waals surface area contributed by atoms with Gasteiger partial charge >= 0.3 is 0 Å². The largest absolute Gasteiger partial charge is 0.381 e.